The number of piperidine rings is 1. The second kappa shape index (κ2) is 8.47. The lowest BCUT2D eigenvalue weighted by Crippen LogP contribution is -2.37. The minimum atomic E-state index is -4.34. The van der Waals surface area contributed by atoms with E-state index in [9.17, 15) is 13.2 Å². The zero-order chi connectivity index (χ0) is 15.5. The Balaban J connectivity index is 0.00000242. The zero-order valence-corrected chi connectivity index (χ0v) is 14.5. The molecule has 22 heavy (non-hydrogen) atoms. The number of hydrogen-bond acceptors (Lipinski definition) is 4. The maximum atomic E-state index is 12.9. The molecule has 0 aromatic carbocycles. The van der Waals surface area contributed by atoms with Crippen molar-refractivity contribution in [3.63, 3.8) is 0 Å². The molecule has 0 aliphatic carbocycles. The summed E-state index contributed by atoms with van der Waals surface area (Å²) in [5.74, 6) is 0.645. The Kier molecular flexibility index (Phi) is 7.58. The summed E-state index contributed by atoms with van der Waals surface area (Å²) in [5, 5.41) is 3.83. The van der Waals surface area contributed by atoms with Crippen LogP contribution in [0.4, 0.5) is 13.2 Å². The number of thiazole rings is 1. The van der Waals surface area contributed by atoms with Crippen LogP contribution in [0.2, 0.25) is 0 Å². The summed E-state index contributed by atoms with van der Waals surface area (Å²) in [6, 6.07) is 0. The summed E-state index contributed by atoms with van der Waals surface area (Å²) in [6.07, 6.45) is -2.25. The van der Waals surface area contributed by atoms with Gasteiger partial charge in [0.15, 0.2) is 5.69 Å². The third kappa shape index (κ3) is 5.37. The third-order valence-electron chi connectivity index (χ3n) is 3.83. The molecule has 1 aliphatic heterocycles. The molecule has 0 amide bonds. The molecule has 0 saturated carbocycles. The molecule has 2 rings (SSSR count). The van der Waals surface area contributed by atoms with Crippen LogP contribution in [-0.2, 0) is 12.7 Å². The van der Waals surface area contributed by atoms with Crippen LogP contribution in [0.5, 0.6) is 0 Å². The minimum Gasteiger partial charge on any atom is -0.317 e. The average molecular weight is 358 g/mol. The Morgan fingerprint density at radius 1 is 1.32 bits per heavy atom. The van der Waals surface area contributed by atoms with E-state index < -0.39 is 11.9 Å². The smallest absolute Gasteiger partial charge is 0.317 e. The number of alkyl halides is 3. The number of aromatic nitrogens is 1. The van der Waals surface area contributed by atoms with Crippen LogP contribution >= 0.6 is 23.7 Å². The van der Waals surface area contributed by atoms with Gasteiger partial charge in [-0.15, -0.1) is 23.7 Å². The van der Waals surface area contributed by atoms with E-state index in [4.69, 9.17) is 0 Å². The topological polar surface area (TPSA) is 28.2 Å². The molecule has 8 heteroatoms. The zero-order valence-electron chi connectivity index (χ0n) is 12.9. The standard InChI is InChI=1S/C14H22F3N3S.ClH/c1-3-18-8-11-4-6-20(7-5-11)9-12-13(14(15,16)17)19-10(2)21-12;/h11,18H,3-9H2,1-2H3;1H. The fraction of sp³-hybridized carbons (Fsp3) is 0.786. The first-order chi connectivity index (χ1) is 9.90. The van der Waals surface area contributed by atoms with E-state index in [1.54, 1.807) is 6.92 Å². The molecule has 1 N–H and O–H groups in total. The molecule has 0 bridgehead atoms. The lowest BCUT2D eigenvalue weighted by atomic mass is 9.97. The first-order valence-electron chi connectivity index (χ1n) is 7.36. The monoisotopic (exact) mass is 357 g/mol. The summed E-state index contributed by atoms with van der Waals surface area (Å²) >= 11 is 1.16. The molecule has 1 aliphatic rings. The average Bonchev–Trinajstić information content (AvgIpc) is 2.79. The molecule has 0 spiro atoms. The lowest BCUT2D eigenvalue weighted by Gasteiger charge is -2.31. The number of likely N-dealkylation sites (tertiary alicyclic amines) is 1. The van der Waals surface area contributed by atoms with Gasteiger partial charge in [-0.05, 0) is 51.9 Å². The number of aryl methyl sites for hydroxylation is 1. The highest BCUT2D eigenvalue weighted by Gasteiger charge is 2.37. The van der Waals surface area contributed by atoms with Gasteiger partial charge in [-0.2, -0.15) is 13.2 Å². The highest BCUT2D eigenvalue weighted by molar-refractivity contribution is 7.11. The summed E-state index contributed by atoms with van der Waals surface area (Å²) < 4.78 is 38.8. The van der Waals surface area contributed by atoms with Gasteiger partial charge in [0, 0.05) is 6.54 Å². The summed E-state index contributed by atoms with van der Waals surface area (Å²) in [6.45, 7) is 7.79. The fourth-order valence-corrected chi connectivity index (χ4v) is 3.70. The Bertz CT molecular complexity index is 457. The van der Waals surface area contributed by atoms with Gasteiger partial charge in [-0.25, -0.2) is 4.98 Å². The maximum absolute atomic E-state index is 12.9. The molecule has 0 atom stereocenters. The van der Waals surface area contributed by atoms with Crippen molar-refractivity contribution < 1.29 is 13.2 Å². The first-order valence-corrected chi connectivity index (χ1v) is 8.18. The van der Waals surface area contributed by atoms with E-state index in [0.717, 1.165) is 50.4 Å². The maximum Gasteiger partial charge on any atom is 0.434 e. The van der Waals surface area contributed by atoms with Crippen molar-refractivity contribution >= 4 is 23.7 Å². The largest absolute Gasteiger partial charge is 0.434 e. The van der Waals surface area contributed by atoms with Crippen molar-refractivity contribution in [2.75, 3.05) is 26.2 Å². The van der Waals surface area contributed by atoms with E-state index >= 15 is 0 Å². The highest BCUT2D eigenvalue weighted by atomic mass is 35.5. The molecule has 1 aromatic heterocycles. The van der Waals surface area contributed by atoms with Gasteiger partial charge in [0.2, 0.25) is 0 Å². The Morgan fingerprint density at radius 3 is 2.50 bits per heavy atom. The van der Waals surface area contributed by atoms with Gasteiger partial charge >= 0.3 is 6.18 Å². The van der Waals surface area contributed by atoms with Crippen LogP contribution in [0.25, 0.3) is 0 Å². The molecule has 2 heterocycles. The van der Waals surface area contributed by atoms with Gasteiger partial charge in [-0.1, -0.05) is 6.92 Å². The van der Waals surface area contributed by atoms with E-state index in [-0.39, 0.29) is 12.4 Å². The predicted molar refractivity (Wildman–Crippen MR) is 85.6 cm³/mol. The molecular weight excluding hydrogens is 335 g/mol. The molecule has 0 radical (unpaired) electrons. The van der Waals surface area contributed by atoms with E-state index in [1.807, 2.05) is 0 Å². The van der Waals surface area contributed by atoms with Crippen molar-refractivity contribution in [1.82, 2.24) is 15.2 Å². The van der Waals surface area contributed by atoms with Gasteiger partial charge in [0.05, 0.1) is 9.88 Å². The van der Waals surface area contributed by atoms with Crippen molar-refractivity contribution in [2.45, 2.75) is 39.4 Å². The molecular formula is C14H23ClF3N3S. The van der Waals surface area contributed by atoms with Gasteiger partial charge in [-0.3, -0.25) is 4.90 Å². The van der Waals surface area contributed by atoms with E-state index in [0.29, 0.717) is 22.3 Å². The lowest BCUT2D eigenvalue weighted by molar-refractivity contribution is -0.141. The van der Waals surface area contributed by atoms with Crippen LogP contribution < -0.4 is 5.32 Å². The quantitative estimate of drug-likeness (QED) is 0.870. The second-order valence-corrected chi connectivity index (χ2v) is 6.82. The fourth-order valence-electron chi connectivity index (χ4n) is 2.70. The molecule has 1 fully saturated rings. The molecule has 1 aromatic rings. The summed E-state index contributed by atoms with van der Waals surface area (Å²) in [4.78, 5) is 6.13. The van der Waals surface area contributed by atoms with Gasteiger partial charge in [0.1, 0.15) is 0 Å². The van der Waals surface area contributed by atoms with Crippen LogP contribution in [-0.4, -0.2) is 36.1 Å². The number of nitrogens with one attached hydrogen (secondary N) is 1. The first kappa shape index (κ1) is 19.7. The van der Waals surface area contributed by atoms with Gasteiger partial charge in [0.25, 0.3) is 0 Å². The normalized spacial score (nSPS) is 17.5. The SMILES string of the molecule is CCNCC1CCN(Cc2sc(C)nc2C(F)(F)F)CC1.Cl. The predicted octanol–water partition coefficient (Wildman–Crippen LogP) is 3.71. The Labute approximate surface area is 139 Å². The van der Waals surface area contributed by atoms with Crippen LogP contribution in [0.3, 0.4) is 0 Å². The van der Waals surface area contributed by atoms with Gasteiger partial charge < -0.3 is 5.32 Å². The number of rotatable bonds is 5. The van der Waals surface area contributed by atoms with Crippen molar-refractivity contribution in [2.24, 2.45) is 5.92 Å². The Morgan fingerprint density at radius 2 is 1.95 bits per heavy atom. The van der Waals surface area contributed by atoms with Crippen LogP contribution in [0.1, 0.15) is 35.3 Å². The Hall–Kier alpha value is -0.370. The summed E-state index contributed by atoms with van der Waals surface area (Å²) in [7, 11) is 0. The van der Waals surface area contributed by atoms with Crippen LogP contribution in [0.15, 0.2) is 0 Å². The molecule has 128 valence electrons. The third-order valence-corrected chi connectivity index (χ3v) is 4.79. The number of hydrogen-bond donors (Lipinski definition) is 1. The minimum absolute atomic E-state index is 0. The number of nitrogens with zero attached hydrogens (tertiary/aromatic N) is 2. The van der Waals surface area contributed by atoms with Crippen LogP contribution in [0, 0.1) is 12.8 Å². The summed E-state index contributed by atoms with van der Waals surface area (Å²) in [5.41, 5.74) is -0.695. The molecule has 3 nitrogen and oxygen atoms in total. The second-order valence-electron chi connectivity index (χ2n) is 5.53. The molecule has 1 saturated heterocycles. The van der Waals surface area contributed by atoms with E-state index in [2.05, 4.69) is 22.1 Å². The highest BCUT2D eigenvalue weighted by Crippen LogP contribution is 2.35. The van der Waals surface area contributed by atoms with Crippen molar-refractivity contribution in [3.05, 3.63) is 15.6 Å². The van der Waals surface area contributed by atoms with Crippen molar-refractivity contribution in [1.29, 1.82) is 0 Å². The molecule has 0 unspecified atom stereocenters. The number of halogens is 4. The van der Waals surface area contributed by atoms with Crippen molar-refractivity contribution in [3.8, 4) is 0 Å². The van der Waals surface area contributed by atoms with E-state index in [1.165, 1.54) is 0 Å².